The second kappa shape index (κ2) is 8.66. The average molecular weight is 338 g/mol. The zero-order valence-electron chi connectivity index (χ0n) is 12.7. The minimum atomic E-state index is -1.05. The smallest absolute Gasteiger partial charge is 0.319 e. The zero-order valence-corrected chi connectivity index (χ0v) is 13.4. The molecule has 0 spiro atoms. The molecule has 7 nitrogen and oxygen atoms in total. The first kappa shape index (κ1) is 18.3. The highest BCUT2D eigenvalue weighted by molar-refractivity contribution is 6.32. The molecule has 0 aromatic heterocycles. The van der Waals surface area contributed by atoms with Gasteiger partial charge < -0.3 is 15.2 Å². The standard InChI is InChI=1S/C15H16ClN3O4/c1-3-22-12-7-9(6-11(16)13(12)23-4-2)5-10(8-17)14(20)19-15(18)21/h5-7H,3-4H2,1-2H3,(H3,18,19,20,21)/b10-5-. The molecular weight excluding hydrogens is 322 g/mol. The molecule has 1 aromatic carbocycles. The molecule has 122 valence electrons. The Kier molecular flexibility index (Phi) is 6.90. The lowest BCUT2D eigenvalue weighted by molar-refractivity contribution is -0.115. The maximum atomic E-state index is 11.7. The molecule has 0 bridgehead atoms. The van der Waals surface area contributed by atoms with Crippen LogP contribution >= 0.6 is 11.6 Å². The number of rotatable bonds is 6. The molecule has 0 aliphatic heterocycles. The summed E-state index contributed by atoms with van der Waals surface area (Å²) in [4.78, 5) is 22.4. The number of primary amides is 1. The van der Waals surface area contributed by atoms with Crippen LogP contribution in [0.2, 0.25) is 5.02 Å². The number of hydrogen-bond acceptors (Lipinski definition) is 5. The lowest BCUT2D eigenvalue weighted by Gasteiger charge is -2.13. The van der Waals surface area contributed by atoms with Gasteiger partial charge in [-0.05, 0) is 37.6 Å². The van der Waals surface area contributed by atoms with E-state index in [4.69, 9.17) is 32.1 Å². The van der Waals surface area contributed by atoms with E-state index in [-0.39, 0.29) is 10.6 Å². The number of amides is 3. The number of benzene rings is 1. The van der Waals surface area contributed by atoms with Crippen molar-refractivity contribution < 1.29 is 19.1 Å². The van der Waals surface area contributed by atoms with Gasteiger partial charge in [0.2, 0.25) is 0 Å². The second-order valence-electron chi connectivity index (χ2n) is 4.18. The summed E-state index contributed by atoms with van der Waals surface area (Å²) < 4.78 is 10.9. The van der Waals surface area contributed by atoms with Crippen molar-refractivity contribution in [2.24, 2.45) is 5.73 Å². The van der Waals surface area contributed by atoms with E-state index in [1.165, 1.54) is 12.1 Å². The Morgan fingerprint density at radius 2 is 2.00 bits per heavy atom. The van der Waals surface area contributed by atoms with E-state index in [9.17, 15) is 9.59 Å². The molecule has 0 saturated carbocycles. The fraction of sp³-hybridized carbons (Fsp3) is 0.267. The number of nitrogens with zero attached hydrogens (tertiary/aromatic N) is 1. The summed E-state index contributed by atoms with van der Waals surface area (Å²) in [5.74, 6) is -0.128. The summed E-state index contributed by atoms with van der Waals surface area (Å²) in [6.07, 6.45) is 1.27. The molecule has 1 rings (SSSR count). The SMILES string of the molecule is CCOc1cc(/C=C(/C#N)C(=O)NC(N)=O)cc(Cl)c1OCC. The Hall–Kier alpha value is -2.72. The first-order chi connectivity index (χ1) is 10.9. The van der Waals surface area contributed by atoms with Crippen molar-refractivity contribution in [1.29, 1.82) is 5.26 Å². The molecule has 0 fully saturated rings. The van der Waals surface area contributed by atoms with Gasteiger partial charge >= 0.3 is 6.03 Å². The molecular formula is C15H16ClN3O4. The van der Waals surface area contributed by atoms with Crippen molar-refractivity contribution in [1.82, 2.24) is 5.32 Å². The molecule has 1 aromatic rings. The van der Waals surface area contributed by atoms with Gasteiger partial charge in [0.15, 0.2) is 11.5 Å². The first-order valence-corrected chi connectivity index (χ1v) is 7.12. The van der Waals surface area contributed by atoms with Crippen LogP contribution in [0.15, 0.2) is 17.7 Å². The summed E-state index contributed by atoms with van der Waals surface area (Å²) >= 11 is 6.15. The monoisotopic (exact) mass is 337 g/mol. The van der Waals surface area contributed by atoms with Gasteiger partial charge in [-0.1, -0.05) is 11.6 Å². The topological polar surface area (TPSA) is 114 Å². The molecule has 0 unspecified atom stereocenters. The fourth-order valence-electron chi connectivity index (χ4n) is 1.71. The highest BCUT2D eigenvalue weighted by Crippen LogP contribution is 2.37. The number of nitriles is 1. The molecule has 0 aliphatic rings. The van der Waals surface area contributed by atoms with E-state index in [0.29, 0.717) is 30.3 Å². The number of ether oxygens (including phenoxy) is 2. The third-order valence-corrected chi connectivity index (χ3v) is 2.81. The molecule has 0 radical (unpaired) electrons. The van der Waals surface area contributed by atoms with E-state index < -0.39 is 11.9 Å². The number of urea groups is 1. The minimum absolute atomic E-state index is 0.275. The third-order valence-electron chi connectivity index (χ3n) is 2.53. The van der Waals surface area contributed by atoms with Gasteiger partial charge in [-0.25, -0.2) is 4.79 Å². The van der Waals surface area contributed by atoms with Gasteiger partial charge in [-0.2, -0.15) is 5.26 Å². The lowest BCUT2D eigenvalue weighted by Crippen LogP contribution is -2.35. The average Bonchev–Trinajstić information content (AvgIpc) is 2.47. The number of hydrogen-bond donors (Lipinski definition) is 2. The van der Waals surface area contributed by atoms with Crippen molar-refractivity contribution in [3.8, 4) is 17.6 Å². The third kappa shape index (κ3) is 5.20. The molecule has 23 heavy (non-hydrogen) atoms. The molecule has 3 N–H and O–H groups in total. The van der Waals surface area contributed by atoms with Gasteiger partial charge in [0.05, 0.1) is 18.2 Å². The fourth-order valence-corrected chi connectivity index (χ4v) is 1.99. The Morgan fingerprint density at radius 1 is 1.35 bits per heavy atom. The van der Waals surface area contributed by atoms with Crippen LogP contribution in [0.25, 0.3) is 6.08 Å². The molecule has 0 heterocycles. The van der Waals surface area contributed by atoms with E-state index in [0.717, 1.165) is 0 Å². The summed E-state index contributed by atoms with van der Waals surface area (Å²) in [5.41, 5.74) is 5.00. The van der Waals surface area contributed by atoms with Gasteiger partial charge in [0, 0.05) is 0 Å². The zero-order chi connectivity index (χ0) is 17.4. The van der Waals surface area contributed by atoms with Crippen molar-refractivity contribution >= 4 is 29.6 Å². The highest BCUT2D eigenvalue weighted by atomic mass is 35.5. The first-order valence-electron chi connectivity index (χ1n) is 6.74. The second-order valence-corrected chi connectivity index (χ2v) is 4.59. The maximum Gasteiger partial charge on any atom is 0.319 e. The van der Waals surface area contributed by atoms with Gasteiger partial charge in [0.25, 0.3) is 5.91 Å². The predicted octanol–water partition coefficient (Wildman–Crippen LogP) is 2.24. The molecule has 0 aliphatic carbocycles. The largest absolute Gasteiger partial charge is 0.490 e. The van der Waals surface area contributed by atoms with Crippen LogP contribution in [0.4, 0.5) is 4.79 Å². The number of nitrogens with two attached hydrogens (primary N) is 1. The maximum absolute atomic E-state index is 11.7. The Morgan fingerprint density at radius 3 is 2.52 bits per heavy atom. The van der Waals surface area contributed by atoms with Gasteiger partial charge in [-0.15, -0.1) is 0 Å². The molecule has 8 heteroatoms. The summed E-state index contributed by atoms with van der Waals surface area (Å²) in [7, 11) is 0. The van der Waals surface area contributed by atoms with Crippen LogP contribution < -0.4 is 20.5 Å². The van der Waals surface area contributed by atoms with Crippen molar-refractivity contribution in [2.45, 2.75) is 13.8 Å². The quantitative estimate of drug-likeness (QED) is 0.610. The van der Waals surface area contributed by atoms with Crippen molar-refractivity contribution in [3.63, 3.8) is 0 Å². The number of carbonyl (C=O) groups is 2. The van der Waals surface area contributed by atoms with Crippen LogP contribution in [0.3, 0.4) is 0 Å². The van der Waals surface area contributed by atoms with E-state index in [1.54, 1.807) is 19.1 Å². The molecule has 0 atom stereocenters. The number of imide groups is 1. The van der Waals surface area contributed by atoms with Crippen LogP contribution in [-0.4, -0.2) is 25.2 Å². The summed E-state index contributed by atoms with van der Waals surface area (Å²) in [6, 6.07) is 3.74. The Labute approximate surface area is 138 Å². The van der Waals surface area contributed by atoms with Crippen LogP contribution in [0, 0.1) is 11.3 Å². The predicted molar refractivity (Wildman–Crippen MR) is 85.1 cm³/mol. The van der Waals surface area contributed by atoms with Gasteiger partial charge in [0.1, 0.15) is 11.6 Å². The van der Waals surface area contributed by atoms with Gasteiger partial charge in [-0.3, -0.25) is 10.1 Å². The summed E-state index contributed by atoms with van der Waals surface area (Å²) in [6.45, 7) is 4.39. The van der Waals surface area contributed by atoms with Crippen molar-refractivity contribution in [2.75, 3.05) is 13.2 Å². The van der Waals surface area contributed by atoms with E-state index in [2.05, 4.69) is 0 Å². The molecule has 3 amide bonds. The number of halogens is 1. The minimum Gasteiger partial charge on any atom is -0.490 e. The van der Waals surface area contributed by atoms with Crippen molar-refractivity contribution in [3.05, 3.63) is 28.3 Å². The Balaban J connectivity index is 3.26. The summed E-state index contributed by atoms with van der Waals surface area (Å²) in [5, 5.41) is 11.1. The number of nitrogens with one attached hydrogen (secondary N) is 1. The Bertz CT molecular complexity index is 680. The van der Waals surface area contributed by atoms with Crippen LogP contribution in [0.1, 0.15) is 19.4 Å². The number of carbonyl (C=O) groups excluding carboxylic acids is 2. The normalized spacial score (nSPS) is 10.6. The van der Waals surface area contributed by atoms with E-state index >= 15 is 0 Å². The lowest BCUT2D eigenvalue weighted by atomic mass is 10.1. The molecule has 0 saturated heterocycles. The van der Waals surface area contributed by atoms with E-state index in [1.807, 2.05) is 12.2 Å². The highest BCUT2D eigenvalue weighted by Gasteiger charge is 2.14. The van der Waals surface area contributed by atoms with Crippen LogP contribution in [-0.2, 0) is 4.79 Å². The van der Waals surface area contributed by atoms with Crippen LogP contribution in [0.5, 0.6) is 11.5 Å².